The molecular weight excluding hydrogens is 532 g/mol. The van der Waals surface area contributed by atoms with Crippen LogP contribution in [0.4, 0.5) is 5.69 Å². The maximum Gasteiger partial charge on any atom is 0.167 e. The Morgan fingerprint density at radius 1 is 1.10 bits per heavy atom. The molecule has 0 spiro atoms. The van der Waals surface area contributed by atoms with Crippen molar-refractivity contribution in [1.82, 2.24) is 0 Å². The summed E-state index contributed by atoms with van der Waals surface area (Å²) in [5, 5.41) is 0. The van der Waals surface area contributed by atoms with Crippen LogP contribution in [0, 0.1) is 18.3 Å². The minimum Gasteiger partial charge on any atom is -0.403 e. The van der Waals surface area contributed by atoms with E-state index in [0.29, 0.717) is 6.04 Å². The van der Waals surface area contributed by atoms with Crippen LogP contribution in [0.25, 0.3) is 0 Å². The number of Topliss-reactive ketones (excluding diaryl/α,β-unsaturated/α-hetero) is 1. The highest BCUT2D eigenvalue weighted by atomic mass is 32.2. The number of thioether (sulfide) groups is 1. The van der Waals surface area contributed by atoms with Gasteiger partial charge in [0.1, 0.15) is 0 Å². The molecule has 3 aliphatic rings. The summed E-state index contributed by atoms with van der Waals surface area (Å²) in [6.07, 6.45) is 12.6. The average Bonchev–Trinajstić information content (AvgIpc) is 3.08. The Labute approximate surface area is 257 Å². The standard InChI is InChI=1S/C38H46N2OS/c1-25-12-16-29(17-13-25)40(30-18-14-26(2)15-19-30)31(23-39)21-28-24-42-32(20-27(3)37(28,4)5)22-35-36(41)33-10-8-9-11-34(33)38(35,6)7/h8-14,16-17,20-21,23,30,35H,3,15,18-19,22,24,39H2,1-2,4-7H3/b28-21+,31-23+. The number of nitrogens with zero attached hydrogens (tertiary/aromatic N) is 1. The Balaban J connectivity index is 1.44. The fourth-order valence-corrected chi connectivity index (χ4v) is 7.96. The number of rotatable bonds is 6. The van der Waals surface area contributed by atoms with Crippen molar-refractivity contribution in [3.05, 3.63) is 124 Å². The number of allylic oxidation sites excluding steroid dienone is 5. The molecule has 2 aromatic carbocycles. The van der Waals surface area contributed by atoms with Crippen LogP contribution in [0.3, 0.4) is 0 Å². The summed E-state index contributed by atoms with van der Waals surface area (Å²) >= 11 is 1.85. The van der Waals surface area contributed by atoms with Crippen LogP contribution >= 0.6 is 11.8 Å². The van der Waals surface area contributed by atoms with Crippen LogP contribution in [-0.2, 0) is 5.41 Å². The first kappa shape index (κ1) is 30.2. The second-order valence-electron chi connectivity index (χ2n) is 13.4. The molecule has 2 N–H and O–H groups in total. The van der Waals surface area contributed by atoms with E-state index in [1.54, 1.807) is 6.20 Å². The molecule has 0 bridgehead atoms. The van der Waals surface area contributed by atoms with Gasteiger partial charge < -0.3 is 10.6 Å². The van der Waals surface area contributed by atoms with E-state index in [-0.39, 0.29) is 22.5 Å². The summed E-state index contributed by atoms with van der Waals surface area (Å²) in [5.74, 6) is 1.02. The van der Waals surface area contributed by atoms with Crippen molar-refractivity contribution < 1.29 is 4.79 Å². The van der Waals surface area contributed by atoms with E-state index in [4.69, 9.17) is 5.73 Å². The molecule has 5 rings (SSSR count). The smallest absolute Gasteiger partial charge is 0.167 e. The van der Waals surface area contributed by atoms with E-state index in [1.165, 1.54) is 32.9 Å². The molecule has 42 heavy (non-hydrogen) atoms. The molecule has 2 unspecified atom stereocenters. The molecule has 0 saturated carbocycles. The van der Waals surface area contributed by atoms with Gasteiger partial charge in [0.2, 0.25) is 0 Å². The molecule has 0 aromatic heterocycles. The van der Waals surface area contributed by atoms with Crippen molar-refractivity contribution in [2.24, 2.45) is 17.1 Å². The third-order valence-electron chi connectivity index (χ3n) is 9.89. The van der Waals surface area contributed by atoms with E-state index in [9.17, 15) is 4.79 Å². The fraction of sp³-hybridized carbons (Fsp3) is 0.395. The molecular formula is C38H46N2OS. The predicted octanol–water partition coefficient (Wildman–Crippen LogP) is 9.42. The van der Waals surface area contributed by atoms with Crippen LogP contribution in [0.5, 0.6) is 0 Å². The van der Waals surface area contributed by atoms with Gasteiger partial charge in [0, 0.05) is 46.0 Å². The molecule has 2 aromatic rings. The number of carbonyl (C=O) groups is 1. The monoisotopic (exact) mass is 578 g/mol. The van der Waals surface area contributed by atoms with Crippen LogP contribution in [0.15, 0.2) is 107 Å². The van der Waals surface area contributed by atoms with Gasteiger partial charge >= 0.3 is 0 Å². The Bertz CT molecular complexity index is 1500. The van der Waals surface area contributed by atoms with Gasteiger partial charge in [-0.05, 0) is 85.4 Å². The zero-order valence-corrected chi connectivity index (χ0v) is 27.0. The number of fused-ring (bicyclic) bond motifs is 1. The van der Waals surface area contributed by atoms with Crippen LogP contribution in [-0.4, -0.2) is 17.6 Å². The summed E-state index contributed by atoms with van der Waals surface area (Å²) in [6.45, 7) is 17.9. The lowest BCUT2D eigenvalue weighted by molar-refractivity contribution is 0.0899. The van der Waals surface area contributed by atoms with E-state index >= 15 is 0 Å². The number of carbonyl (C=O) groups excluding carboxylic acids is 1. The van der Waals surface area contributed by atoms with Gasteiger partial charge in [-0.25, -0.2) is 0 Å². The van der Waals surface area contributed by atoms with Gasteiger partial charge in [0.15, 0.2) is 5.78 Å². The zero-order chi connectivity index (χ0) is 30.2. The number of hydrogen-bond donors (Lipinski definition) is 1. The molecule has 0 saturated heterocycles. The highest BCUT2D eigenvalue weighted by Crippen LogP contribution is 2.49. The normalized spacial score (nSPS) is 24.6. The van der Waals surface area contributed by atoms with Gasteiger partial charge in [0.05, 0.1) is 5.70 Å². The molecule has 2 aliphatic carbocycles. The number of ketones is 1. The SMILES string of the molecule is C=C1C=C(CC2C(=O)c3ccccc3C2(C)C)SC/C(=C\C(=C/N)N(c2ccc(C)cc2)C2CC=C(C)CC2)C1(C)C. The lowest BCUT2D eigenvalue weighted by atomic mass is 9.75. The first-order chi connectivity index (χ1) is 19.9. The van der Waals surface area contributed by atoms with Crippen LogP contribution in [0.2, 0.25) is 0 Å². The van der Waals surface area contributed by atoms with Gasteiger partial charge in [-0.1, -0.05) is 87.9 Å². The lowest BCUT2D eigenvalue weighted by Gasteiger charge is -2.37. The number of anilines is 1. The molecule has 0 amide bonds. The Hall–Kier alpha value is -3.24. The number of aryl methyl sites for hydroxylation is 1. The number of benzene rings is 2. The topological polar surface area (TPSA) is 46.3 Å². The van der Waals surface area contributed by atoms with Crippen molar-refractivity contribution in [1.29, 1.82) is 0 Å². The first-order valence-electron chi connectivity index (χ1n) is 15.2. The summed E-state index contributed by atoms with van der Waals surface area (Å²) in [7, 11) is 0. The third-order valence-corrected chi connectivity index (χ3v) is 11.0. The van der Waals surface area contributed by atoms with Crippen molar-refractivity contribution in [2.45, 2.75) is 78.7 Å². The van der Waals surface area contributed by atoms with Gasteiger partial charge in [-0.3, -0.25) is 4.79 Å². The van der Waals surface area contributed by atoms with Crippen molar-refractivity contribution >= 4 is 23.2 Å². The van der Waals surface area contributed by atoms with Crippen LogP contribution in [0.1, 0.15) is 81.8 Å². The van der Waals surface area contributed by atoms with Gasteiger partial charge in [-0.2, -0.15) is 0 Å². The fourth-order valence-electron chi connectivity index (χ4n) is 6.66. The molecule has 1 heterocycles. The minimum absolute atomic E-state index is 0.0746. The Morgan fingerprint density at radius 2 is 1.81 bits per heavy atom. The maximum absolute atomic E-state index is 13.5. The van der Waals surface area contributed by atoms with Crippen molar-refractivity contribution in [3.63, 3.8) is 0 Å². The zero-order valence-electron chi connectivity index (χ0n) is 26.2. The van der Waals surface area contributed by atoms with E-state index in [0.717, 1.165) is 48.3 Å². The van der Waals surface area contributed by atoms with Gasteiger partial charge in [-0.15, -0.1) is 11.8 Å². The predicted molar refractivity (Wildman–Crippen MR) is 181 cm³/mol. The van der Waals surface area contributed by atoms with Crippen molar-refractivity contribution in [3.8, 4) is 0 Å². The summed E-state index contributed by atoms with van der Waals surface area (Å²) in [6, 6.07) is 17.3. The molecule has 4 heteroatoms. The molecule has 0 radical (unpaired) electrons. The third kappa shape index (κ3) is 5.71. The molecule has 0 fully saturated rings. The highest BCUT2D eigenvalue weighted by Gasteiger charge is 2.46. The number of hydrogen-bond acceptors (Lipinski definition) is 4. The lowest BCUT2D eigenvalue weighted by Crippen LogP contribution is -2.36. The highest BCUT2D eigenvalue weighted by molar-refractivity contribution is 8.03. The van der Waals surface area contributed by atoms with E-state index in [1.807, 2.05) is 30.0 Å². The summed E-state index contributed by atoms with van der Waals surface area (Å²) in [4.78, 5) is 17.2. The second-order valence-corrected chi connectivity index (χ2v) is 14.5. The largest absolute Gasteiger partial charge is 0.403 e. The van der Waals surface area contributed by atoms with E-state index in [2.05, 4.69) is 102 Å². The number of nitrogens with two attached hydrogens (primary N) is 1. The Kier molecular flexibility index (Phi) is 8.49. The van der Waals surface area contributed by atoms with Crippen LogP contribution < -0.4 is 10.6 Å². The van der Waals surface area contributed by atoms with Crippen molar-refractivity contribution in [2.75, 3.05) is 10.7 Å². The molecule has 3 nitrogen and oxygen atoms in total. The first-order valence-corrected chi connectivity index (χ1v) is 16.2. The maximum atomic E-state index is 13.5. The second kappa shape index (κ2) is 11.8. The average molecular weight is 579 g/mol. The quantitative estimate of drug-likeness (QED) is 0.347. The van der Waals surface area contributed by atoms with E-state index < -0.39 is 0 Å². The Morgan fingerprint density at radius 3 is 2.45 bits per heavy atom. The molecule has 2 atom stereocenters. The minimum atomic E-state index is -0.247. The summed E-state index contributed by atoms with van der Waals surface area (Å²) < 4.78 is 0. The molecule has 1 aliphatic heterocycles. The summed E-state index contributed by atoms with van der Waals surface area (Å²) in [5.41, 5.74) is 15.3. The van der Waals surface area contributed by atoms with Gasteiger partial charge in [0.25, 0.3) is 0 Å². The molecule has 220 valence electrons.